The molecule has 3 heterocycles. The summed E-state index contributed by atoms with van der Waals surface area (Å²) in [5.41, 5.74) is 5.97. The maximum absolute atomic E-state index is 4.65. The zero-order chi connectivity index (χ0) is 20.9. The van der Waals surface area contributed by atoms with Crippen LogP contribution in [0.3, 0.4) is 0 Å². The molecule has 5 rings (SSSR count). The molecule has 0 radical (unpaired) electrons. The number of benzene rings is 2. The summed E-state index contributed by atoms with van der Waals surface area (Å²) in [6, 6.07) is 18.0. The Morgan fingerprint density at radius 2 is 1.65 bits per heavy atom. The molecule has 0 bridgehead atoms. The van der Waals surface area contributed by atoms with Crippen LogP contribution in [0.25, 0.3) is 10.9 Å². The first-order chi connectivity index (χ1) is 15.3. The molecule has 4 aromatic rings. The molecule has 2 aromatic carbocycles. The number of H-pyrrole nitrogens is 1. The summed E-state index contributed by atoms with van der Waals surface area (Å²) in [4.78, 5) is 19.2. The molecule has 156 valence electrons. The van der Waals surface area contributed by atoms with Crippen molar-refractivity contribution in [3.8, 4) is 0 Å². The van der Waals surface area contributed by atoms with Gasteiger partial charge in [0.25, 0.3) is 0 Å². The number of nitrogens with zero attached hydrogens (tertiary/aromatic N) is 5. The third-order valence-electron chi connectivity index (χ3n) is 5.28. The molecule has 0 amide bonds. The summed E-state index contributed by atoms with van der Waals surface area (Å²) in [5.74, 6) is 1.56. The van der Waals surface area contributed by atoms with E-state index in [1.54, 1.807) is 6.21 Å². The van der Waals surface area contributed by atoms with Gasteiger partial charge in [-0.25, -0.2) is 5.43 Å². The zero-order valence-electron chi connectivity index (χ0n) is 17.1. The monoisotopic (exact) mass is 412 g/mol. The second-order valence-corrected chi connectivity index (χ2v) is 7.48. The van der Waals surface area contributed by atoms with E-state index in [4.69, 9.17) is 0 Å². The van der Waals surface area contributed by atoms with Gasteiger partial charge in [-0.05, 0) is 37.5 Å². The quantitative estimate of drug-likeness (QED) is 0.318. The van der Waals surface area contributed by atoms with Crippen molar-refractivity contribution in [1.29, 1.82) is 0 Å². The number of rotatable bonds is 6. The average molecular weight is 413 g/mol. The van der Waals surface area contributed by atoms with Crippen LogP contribution in [0.5, 0.6) is 0 Å². The molecule has 0 atom stereocenters. The minimum atomic E-state index is 0.407. The van der Waals surface area contributed by atoms with Gasteiger partial charge in [0, 0.05) is 41.4 Å². The van der Waals surface area contributed by atoms with Crippen molar-refractivity contribution in [2.24, 2.45) is 5.10 Å². The Morgan fingerprint density at radius 1 is 0.871 bits per heavy atom. The molecular weight excluding hydrogens is 388 g/mol. The minimum Gasteiger partial charge on any atom is -0.361 e. The van der Waals surface area contributed by atoms with Gasteiger partial charge >= 0.3 is 0 Å². The number of nitrogens with one attached hydrogen (secondary N) is 3. The summed E-state index contributed by atoms with van der Waals surface area (Å²) < 4.78 is 0. The molecule has 0 unspecified atom stereocenters. The number of anilines is 4. The minimum absolute atomic E-state index is 0.407. The second kappa shape index (κ2) is 8.83. The molecule has 1 saturated heterocycles. The predicted molar refractivity (Wildman–Crippen MR) is 125 cm³/mol. The van der Waals surface area contributed by atoms with E-state index in [2.05, 4.69) is 46.7 Å². The van der Waals surface area contributed by atoms with Gasteiger partial charge in [0.15, 0.2) is 0 Å². The first kappa shape index (κ1) is 19.0. The molecule has 1 aliphatic heterocycles. The third-order valence-corrected chi connectivity index (χ3v) is 5.28. The summed E-state index contributed by atoms with van der Waals surface area (Å²) in [7, 11) is 0. The van der Waals surface area contributed by atoms with Gasteiger partial charge in [-0.2, -0.15) is 20.1 Å². The van der Waals surface area contributed by atoms with Gasteiger partial charge in [0.1, 0.15) is 0 Å². The van der Waals surface area contributed by atoms with Crippen LogP contribution < -0.4 is 15.6 Å². The molecule has 8 nitrogen and oxygen atoms in total. The first-order valence-corrected chi connectivity index (χ1v) is 10.5. The molecule has 1 aliphatic rings. The van der Waals surface area contributed by atoms with Crippen LogP contribution in [-0.2, 0) is 0 Å². The highest BCUT2D eigenvalue weighted by Gasteiger charge is 2.16. The van der Waals surface area contributed by atoms with Crippen LogP contribution in [0, 0.1) is 0 Å². The highest BCUT2D eigenvalue weighted by Crippen LogP contribution is 2.21. The van der Waals surface area contributed by atoms with Gasteiger partial charge < -0.3 is 15.2 Å². The van der Waals surface area contributed by atoms with E-state index < -0.39 is 0 Å². The van der Waals surface area contributed by atoms with Crippen molar-refractivity contribution in [2.45, 2.75) is 19.3 Å². The van der Waals surface area contributed by atoms with Gasteiger partial charge in [-0.3, -0.25) is 0 Å². The maximum atomic E-state index is 4.65. The van der Waals surface area contributed by atoms with Crippen LogP contribution in [0.1, 0.15) is 24.8 Å². The van der Waals surface area contributed by atoms with Gasteiger partial charge in [-0.1, -0.05) is 36.4 Å². The van der Waals surface area contributed by atoms with Crippen LogP contribution in [0.2, 0.25) is 0 Å². The van der Waals surface area contributed by atoms with Crippen molar-refractivity contribution in [1.82, 2.24) is 19.9 Å². The summed E-state index contributed by atoms with van der Waals surface area (Å²) >= 11 is 0. The Hall–Kier alpha value is -3.94. The van der Waals surface area contributed by atoms with Crippen LogP contribution >= 0.6 is 0 Å². The van der Waals surface area contributed by atoms with E-state index in [-0.39, 0.29) is 0 Å². The largest absolute Gasteiger partial charge is 0.361 e. The maximum Gasteiger partial charge on any atom is 0.250 e. The number of aromatic amines is 1. The number of fused-ring (bicyclic) bond motifs is 1. The summed E-state index contributed by atoms with van der Waals surface area (Å²) in [6.45, 7) is 1.90. The smallest absolute Gasteiger partial charge is 0.250 e. The Bertz CT molecular complexity index is 1180. The normalized spacial score (nSPS) is 14.3. The lowest BCUT2D eigenvalue weighted by molar-refractivity contribution is 0.568. The van der Waals surface area contributed by atoms with E-state index in [9.17, 15) is 0 Å². The molecule has 8 heteroatoms. The van der Waals surface area contributed by atoms with Crippen molar-refractivity contribution in [3.05, 3.63) is 66.4 Å². The molecular formula is C23H24N8. The SMILES string of the molecule is C(=NNc1nc(Nc2ccccc2)nc(N2CCCCC2)n1)c1c[nH]c2ccccc12. The lowest BCUT2D eigenvalue weighted by atomic mass is 10.1. The molecule has 31 heavy (non-hydrogen) atoms. The van der Waals surface area contributed by atoms with Crippen LogP contribution in [0.4, 0.5) is 23.5 Å². The summed E-state index contributed by atoms with van der Waals surface area (Å²) in [6.07, 6.45) is 7.25. The van der Waals surface area contributed by atoms with E-state index in [0.29, 0.717) is 17.8 Å². The van der Waals surface area contributed by atoms with E-state index in [1.165, 1.54) is 6.42 Å². The Morgan fingerprint density at radius 3 is 2.52 bits per heavy atom. The Labute approximate surface area is 180 Å². The van der Waals surface area contributed by atoms with E-state index in [0.717, 1.165) is 48.1 Å². The summed E-state index contributed by atoms with van der Waals surface area (Å²) in [5, 5.41) is 8.76. The van der Waals surface area contributed by atoms with Crippen LogP contribution in [0.15, 0.2) is 65.9 Å². The molecule has 0 saturated carbocycles. The Kier molecular flexibility index (Phi) is 5.42. The van der Waals surface area contributed by atoms with Gasteiger partial charge in [0.05, 0.1) is 6.21 Å². The molecule has 0 aliphatic carbocycles. The van der Waals surface area contributed by atoms with Crippen molar-refractivity contribution < 1.29 is 0 Å². The second-order valence-electron chi connectivity index (χ2n) is 7.48. The van der Waals surface area contributed by atoms with Crippen molar-refractivity contribution in [3.63, 3.8) is 0 Å². The lowest BCUT2D eigenvalue weighted by Crippen LogP contribution is -2.31. The predicted octanol–water partition coefficient (Wildman–Crippen LogP) is 4.53. The van der Waals surface area contributed by atoms with E-state index in [1.807, 2.05) is 54.7 Å². The fourth-order valence-corrected chi connectivity index (χ4v) is 3.72. The highest BCUT2D eigenvalue weighted by atomic mass is 15.4. The zero-order valence-corrected chi connectivity index (χ0v) is 17.1. The van der Waals surface area contributed by atoms with Crippen molar-refractivity contribution >= 4 is 40.6 Å². The lowest BCUT2D eigenvalue weighted by Gasteiger charge is -2.26. The van der Waals surface area contributed by atoms with Gasteiger partial charge in [0.2, 0.25) is 17.8 Å². The number of piperidine rings is 1. The average Bonchev–Trinajstić information content (AvgIpc) is 3.23. The molecule has 2 aromatic heterocycles. The fourth-order valence-electron chi connectivity index (χ4n) is 3.72. The number of hydrazone groups is 1. The number of hydrogen-bond acceptors (Lipinski definition) is 7. The van der Waals surface area contributed by atoms with E-state index >= 15 is 0 Å². The standard InChI is InChI=1S/C23H24N8/c1-3-9-18(10-4-1)26-21-27-22(29-23(28-21)31-13-7-2-8-14-31)30-25-16-17-15-24-20-12-6-5-11-19(17)20/h1,3-6,9-12,15-16,24H,2,7-8,13-14H2,(H2,26,27,28,29,30). The fraction of sp³-hybridized carbons (Fsp3) is 0.217. The number of hydrogen-bond donors (Lipinski definition) is 3. The van der Waals surface area contributed by atoms with Crippen molar-refractivity contribution in [2.75, 3.05) is 28.7 Å². The highest BCUT2D eigenvalue weighted by molar-refractivity contribution is 5.99. The first-order valence-electron chi connectivity index (χ1n) is 10.5. The molecule has 1 fully saturated rings. The molecule has 3 N–H and O–H groups in total. The number of aromatic nitrogens is 4. The third kappa shape index (κ3) is 4.48. The number of para-hydroxylation sites is 2. The topological polar surface area (TPSA) is 94.1 Å². The van der Waals surface area contributed by atoms with Gasteiger partial charge in [-0.15, -0.1) is 0 Å². The Balaban J connectivity index is 1.40. The molecule has 0 spiro atoms. The van der Waals surface area contributed by atoms with Crippen LogP contribution in [-0.4, -0.2) is 39.2 Å².